The molecule has 0 aliphatic carbocycles. The zero-order valence-corrected chi connectivity index (χ0v) is 14.1. The molecule has 0 saturated carbocycles. The van der Waals surface area contributed by atoms with Crippen molar-refractivity contribution in [3.8, 4) is 11.1 Å². The minimum atomic E-state index is -0.475. The Hall–Kier alpha value is -2.44. The molecule has 0 radical (unpaired) electrons. The van der Waals surface area contributed by atoms with E-state index in [2.05, 4.69) is 9.97 Å². The maximum absolute atomic E-state index is 12.5. The van der Waals surface area contributed by atoms with E-state index in [0.717, 1.165) is 18.4 Å². The molecule has 2 aromatic heterocycles. The first-order chi connectivity index (χ1) is 12.1. The molecule has 1 fully saturated rings. The average molecular weight is 358 g/mol. The number of ether oxygens (including phenoxy) is 1. The lowest BCUT2D eigenvalue weighted by Gasteiger charge is -2.15. The van der Waals surface area contributed by atoms with E-state index in [1.807, 2.05) is 18.2 Å². The number of fused-ring (bicyclic) bond motifs is 1. The summed E-state index contributed by atoms with van der Waals surface area (Å²) in [5, 5.41) is 0.888. The Morgan fingerprint density at radius 1 is 1.24 bits per heavy atom. The van der Waals surface area contributed by atoms with E-state index >= 15 is 0 Å². The molecule has 128 valence electrons. The van der Waals surface area contributed by atoms with Gasteiger partial charge in [0, 0.05) is 29.0 Å². The maximum Gasteiger partial charge on any atom is 0.330 e. The highest BCUT2D eigenvalue weighted by Gasteiger charge is 2.20. The number of H-pyrrole nitrogens is 1. The van der Waals surface area contributed by atoms with Crippen LogP contribution in [0, 0.1) is 0 Å². The first-order valence-corrected chi connectivity index (χ1v) is 8.51. The third-order valence-corrected chi connectivity index (χ3v) is 4.78. The van der Waals surface area contributed by atoms with Crippen molar-refractivity contribution in [3.63, 3.8) is 0 Å². The second-order valence-electron chi connectivity index (χ2n) is 6.04. The summed E-state index contributed by atoms with van der Waals surface area (Å²) in [7, 11) is 0. The lowest BCUT2D eigenvalue weighted by molar-refractivity contribution is 0.0967. The largest absolute Gasteiger partial charge is 0.376 e. The minimum absolute atomic E-state index is 0.0439. The monoisotopic (exact) mass is 357 g/mol. The molecular weight excluding hydrogens is 342 g/mol. The number of aromatic nitrogens is 3. The van der Waals surface area contributed by atoms with Crippen molar-refractivity contribution in [2.75, 3.05) is 6.61 Å². The van der Waals surface area contributed by atoms with Crippen molar-refractivity contribution in [2.45, 2.75) is 25.5 Å². The third-order valence-electron chi connectivity index (χ3n) is 4.45. The number of pyridine rings is 1. The Morgan fingerprint density at radius 3 is 2.84 bits per heavy atom. The molecule has 0 unspecified atom stereocenters. The number of rotatable bonds is 3. The van der Waals surface area contributed by atoms with Gasteiger partial charge in [-0.05, 0) is 25.0 Å². The molecule has 25 heavy (non-hydrogen) atoms. The Morgan fingerprint density at radius 2 is 2.08 bits per heavy atom. The van der Waals surface area contributed by atoms with Crippen molar-refractivity contribution in [1.29, 1.82) is 0 Å². The molecule has 0 bridgehead atoms. The lowest BCUT2D eigenvalue weighted by atomic mass is 10.0. The molecule has 3 aromatic rings. The fourth-order valence-corrected chi connectivity index (χ4v) is 3.51. The summed E-state index contributed by atoms with van der Waals surface area (Å²) in [6, 6.07) is 9.02. The number of nitrogens with one attached hydrogen (secondary N) is 1. The summed E-state index contributed by atoms with van der Waals surface area (Å²) >= 11 is 6.30. The molecule has 1 saturated heterocycles. The number of hydrogen-bond acceptors (Lipinski definition) is 4. The number of aromatic amines is 1. The number of halogens is 1. The van der Waals surface area contributed by atoms with Crippen LogP contribution in [0.25, 0.3) is 22.2 Å². The Balaban J connectivity index is 1.97. The Labute approximate surface area is 148 Å². The second-order valence-corrected chi connectivity index (χ2v) is 6.45. The van der Waals surface area contributed by atoms with Crippen molar-refractivity contribution in [3.05, 3.63) is 62.4 Å². The third kappa shape index (κ3) is 2.88. The minimum Gasteiger partial charge on any atom is -0.376 e. The summed E-state index contributed by atoms with van der Waals surface area (Å²) in [5.74, 6) is 0. The first kappa shape index (κ1) is 16.1. The average Bonchev–Trinajstić information content (AvgIpc) is 3.11. The number of nitrogens with zero attached hydrogens (tertiary/aromatic N) is 2. The van der Waals surface area contributed by atoms with Gasteiger partial charge in [-0.25, -0.2) is 9.78 Å². The van der Waals surface area contributed by atoms with Gasteiger partial charge in [0.05, 0.1) is 18.0 Å². The molecule has 4 rings (SSSR count). The van der Waals surface area contributed by atoms with E-state index < -0.39 is 11.2 Å². The molecule has 7 heteroatoms. The van der Waals surface area contributed by atoms with Gasteiger partial charge in [-0.3, -0.25) is 14.3 Å². The van der Waals surface area contributed by atoms with E-state index in [4.69, 9.17) is 16.3 Å². The van der Waals surface area contributed by atoms with Crippen LogP contribution in [0.2, 0.25) is 5.02 Å². The van der Waals surface area contributed by atoms with Crippen molar-refractivity contribution < 1.29 is 4.74 Å². The van der Waals surface area contributed by atoms with Gasteiger partial charge in [0.15, 0.2) is 0 Å². The zero-order chi connectivity index (χ0) is 17.4. The van der Waals surface area contributed by atoms with Crippen LogP contribution in [0.15, 0.2) is 46.1 Å². The predicted molar refractivity (Wildman–Crippen MR) is 96.0 cm³/mol. The van der Waals surface area contributed by atoms with E-state index in [-0.39, 0.29) is 6.10 Å². The van der Waals surface area contributed by atoms with Crippen LogP contribution < -0.4 is 11.2 Å². The number of hydrogen-bond donors (Lipinski definition) is 1. The fraction of sp³-hybridized carbons (Fsp3) is 0.278. The summed E-state index contributed by atoms with van der Waals surface area (Å²) in [6.45, 7) is 1.06. The SMILES string of the molecule is O=c1[nH]c(=O)n(C[C@@H]2CCCO2)c2nccc(-c3ccccc3Cl)c12. The molecule has 1 atom stereocenters. The molecule has 1 N–H and O–H groups in total. The second kappa shape index (κ2) is 6.46. The van der Waals surface area contributed by atoms with Crippen LogP contribution in [-0.4, -0.2) is 27.2 Å². The van der Waals surface area contributed by atoms with Gasteiger partial charge in [-0.1, -0.05) is 29.8 Å². The van der Waals surface area contributed by atoms with Crippen LogP contribution in [-0.2, 0) is 11.3 Å². The van der Waals surface area contributed by atoms with Gasteiger partial charge < -0.3 is 4.74 Å². The van der Waals surface area contributed by atoms with Crippen LogP contribution >= 0.6 is 11.6 Å². The van der Waals surface area contributed by atoms with Gasteiger partial charge in [0.2, 0.25) is 0 Å². The van der Waals surface area contributed by atoms with Gasteiger partial charge >= 0.3 is 5.69 Å². The molecule has 1 aliphatic heterocycles. The molecule has 0 spiro atoms. The Bertz CT molecular complexity index is 1050. The topological polar surface area (TPSA) is 77.0 Å². The Kier molecular flexibility index (Phi) is 4.15. The summed E-state index contributed by atoms with van der Waals surface area (Å²) < 4.78 is 7.10. The smallest absolute Gasteiger partial charge is 0.330 e. The van der Waals surface area contributed by atoms with Gasteiger partial charge in [-0.2, -0.15) is 0 Å². The fourth-order valence-electron chi connectivity index (χ4n) is 3.27. The van der Waals surface area contributed by atoms with E-state index in [1.165, 1.54) is 4.57 Å². The van der Waals surface area contributed by atoms with Crippen molar-refractivity contribution in [2.24, 2.45) is 0 Å². The summed E-state index contributed by atoms with van der Waals surface area (Å²) in [6.07, 6.45) is 3.40. The van der Waals surface area contributed by atoms with E-state index in [9.17, 15) is 9.59 Å². The normalized spacial score (nSPS) is 17.2. The van der Waals surface area contributed by atoms with Crippen molar-refractivity contribution in [1.82, 2.24) is 14.5 Å². The predicted octanol–water partition coefficient (Wildman–Crippen LogP) is 2.58. The summed E-state index contributed by atoms with van der Waals surface area (Å²) in [4.78, 5) is 31.6. The lowest BCUT2D eigenvalue weighted by Crippen LogP contribution is -2.34. The highest BCUT2D eigenvalue weighted by Crippen LogP contribution is 2.30. The zero-order valence-electron chi connectivity index (χ0n) is 13.4. The van der Waals surface area contributed by atoms with Crippen LogP contribution in [0.4, 0.5) is 0 Å². The maximum atomic E-state index is 12.5. The van der Waals surface area contributed by atoms with E-state index in [1.54, 1.807) is 18.3 Å². The van der Waals surface area contributed by atoms with Gasteiger partial charge in [-0.15, -0.1) is 0 Å². The standard InChI is InChI=1S/C18H16ClN3O3/c19-14-6-2-1-5-12(14)13-7-8-20-16-15(13)17(23)21-18(24)22(16)10-11-4-3-9-25-11/h1-2,5-8,11H,3-4,9-10H2,(H,21,23,24)/t11-/m0/s1. The molecule has 1 aromatic carbocycles. The highest BCUT2D eigenvalue weighted by molar-refractivity contribution is 6.33. The quantitative estimate of drug-likeness (QED) is 0.781. The van der Waals surface area contributed by atoms with Crippen LogP contribution in [0.5, 0.6) is 0 Å². The number of benzene rings is 1. The molecule has 1 aliphatic rings. The molecular formula is C18H16ClN3O3. The highest BCUT2D eigenvalue weighted by atomic mass is 35.5. The van der Waals surface area contributed by atoms with E-state index in [0.29, 0.717) is 34.8 Å². The van der Waals surface area contributed by atoms with Gasteiger partial charge in [0.1, 0.15) is 5.65 Å². The molecule has 3 heterocycles. The first-order valence-electron chi connectivity index (χ1n) is 8.13. The molecule has 0 amide bonds. The summed E-state index contributed by atoms with van der Waals surface area (Å²) in [5.41, 5.74) is 0.785. The van der Waals surface area contributed by atoms with Gasteiger partial charge in [0.25, 0.3) is 5.56 Å². The van der Waals surface area contributed by atoms with Crippen LogP contribution in [0.3, 0.4) is 0 Å². The molecule has 6 nitrogen and oxygen atoms in total. The van der Waals surface area contributed by atoms with Crippen molar-refractivity contribution >= 4 is 22.6 Å². The van der Waals surface area contributed by atoms with Crippen LogP contribution in [0.1, 0.15) is 12.8 Å².